The van der Waals surface area contributed by atoms with Gasteiger partial charge in [-0.15, -0.1) is 0 Å². The monoisotopic (exact) mass is 489 g/mol. The van der Waals surface area contributed by atoms with E-state index in [0.717, 1.165) is 16.7 Å². The SMILES string of the molecule is CCOC(=O)C(C)N1C(=O)S/C(=C\c2ccc(OCc3ccc(C(=O)OC)o3)c(OC)c2)C1=O. The summed E-state index contributed by atoms with van der Waals surface area (Å²) in [6.07, 6.45) is 1.53. The van der Waals surface area contributed by atoms with Crippen LogP contribution in [0.15, 0.2) is 39.7 Å². The second kappa shape index (κ2) is 10.9. The van der Waals surface area contributed by atoms with Crippen molar-refractivity contribution in [1.82, 2.24) is 4.90 Å². The van der Waals surface area contributed by atoms with E-state index in [1.165, 1.54) is 33.3 Å². The highest BCUT2D eigenvalue weighted by Gasteiger charge is 2.41. The Labute approximate surface area is 199 Å². The van der Waals surface area contributed by atoms with Crippen LogP contribution in [0.5, 0.6) is 11.5 Å². The summed E-state index contributed by atoms with van der Waals surface area (Å²) in [4.78, 5) is 49.6. The molecular formula is C23H23NO9S. The molecule has 1 saturated heterocycles. The molecule has 0 radical (unpaired) electrons. The van der Waals surface area contributed by atoms with E-state index < -0.39 is 29.1 Å². The largest absolute Gasteiger partial charge is 0.493 e. The average Bonchev–Trinajstić information content (AvgIpc) is 3.41. The highest BCUT2D eigenvalue weighted by atomic mass is 32.2. The minimum Gasteiger partial charge on any atom is -0.493 e. The molecular weight excluding hydrogens is 466 g/mol. The first-order valence-electron chi connectivity index (χ1n) is 10.2. The zero-order valence-corrected chi connectivity index (χ0v) is 19.8. The number of carbonyl (C=O) groups excluding carboxylic acids is 4. The smallest absolute Gasteiger partial charge is 0.373 e. The van der Waals surface area contributed by atoms with Crippen molar-refractivity contribution in [3.63, 3.8) is 0 Å². The molecule has 2 amide bonds. The fourth-order valence-electron chi connectivity index (χ4n) is 3.04. The minimum absolute atomic E-state index is 0.0390. The summed E-state index contributed by atoms with van der Waals surface area (Å²) in [5.74, 6) is -0.550. The molecule has 0 N–H and O–H groups in total. The van der Waals surface area contributed by atoms with Crippen molar-refractivity contribution in [2.75, 3.05) is 20.8 Å². The lowest BCUT2D eigenvalue weighted by atomic mass is 10.1. The third-order valence-electron chi connectivity index (χ3n) is 4.74. The molecule has 34 heavy (non-hydrogen) atoms. The molecule has 1 fully saturated rings. The van der Waals surface area contributed by atoms with E-state index in [9.17, 15) is 19.2 Å². The zero-order chi connectivity index (χ0) is 24.8. The number of benzene rings is 1. The predicted molar refractivity (Wildman–Crippen MR) is 121 cm³/mol. The highest BCUT2D eigenvalue weighted by Crippen LogP contribution is 2.36. The number of nitrogens with zero attached hydrogens (tertiary/aromatic N) is 1. The quantitative estimate of drug-likeness (QED) is 0.381. The van der Waals surface area contributed by atoms with Gasteiger partial charge in [0.2, 0.25) is 5.76 Å². The van der Waals surface area contributed by atoms with E-state index in [1.807, 2.05) is 0 Å². The molecule has 0 saturated carbocycles. The molecule has 1 aliphatic rings. The van der Waals surface area contributed by atoms with Crippen LogP contribution < -0.4 is 9.47 Å². The number of furan rings is 1. The van der Waals surface area contributed by atoms with E-state index in [-0.39, 0.29) is 23.9 Å². The number of amides is 2. The second-order valence-electron chi connectivity index (χ2n) is 6.94. The Morgan fingerprint density at radius 3 is 2.59 bits per heavy atom. The van der Waals surface area contributed by atoms with Crippen LogP contribution in [0.25, 0.3) is 6.08 Å². The summed E-state index contributed by atoms with van der Waals surface area (Å²) < 4.78 is 26.0. The zero-order valence-electron chi connectivity index (χ0n) is 19.0. The maximum absolute atomic E-state index is 12.7. The van der Waals surface area contributed by atoms with Gasteiger partial charge in [0, 0.05) is 0 Å². The van der Waals surface area contributed by atoms with Crippen LogP contribution in [0.2, 0.25) is 0 Å². The van der Waals surface area contributed by atoms with Gasteiger partial charge in [-0.1, -0.05) is 6.07 Å². The van der Waals surface area contributed by atoms with Crippen LogP contribution in [0.1, 0.15) is 35.7 Å². The van der Waals surface area contributed by atoms with Gasteiger partial charge in [-0.25, -0.2) is 9.59 Å². The van der Waals surface area contributed by atoms with E-state index in [2.05, 4.69) is 4.74 Å². The lowest BCUT2D eigenvalue weighted by Gasteiger charge is -2.19. The Bertz CT molecular complexity index is 1140. The van der Waals surface area contributed by atoms with Crippen LogP contribution in [-0.4, -0.2) is 54.9 Å². The first-order chi connectivity index (χ1) is 16.3. The van der Waals surface area contributed by atoms with Crippen molar-refractivity contribution >= 4 is 40.9 Å². The van der Waals surface area contributed by atoms with Crippen LogP contribution in [-0.2, 0) is 25.7 Å². The molecule has 1 aliphatic heterocycles. The topological polar surface area (TPSA) is 122 Å². The molecule has 3 rings (SSSR count). The lowest BCUT2D eigenvalue weighted by molar-refractivity contribution is -0.150. The Morgan fingerprint density at radius 2 is 1.91 bits per heavy atom. The molecule has 0 spiro atoms. The Morgan fingerprint density at radius 1 is 1.15 bits per heavy atom. The van der Waals surface area contributed by atoms with E-state index >= 15 is 0 Å². The molecule has 180 valence electrons. The van der Waals surface area contributed by atoms with Crippen molar-refractivity contribution in [2.24, 2.45) is 0 Å². The summed E-state index contributed by atoms with van der Waals surface area (Å²) in [6, 6.07) is 7.02. The number of hydrogen-bond acceptors (Lipinski definition) is 10. The van der Waals surface area contributed by atoms with Gasteiger partial charge in [0.25, 0.3) is 11.1 Å². The van der Waals surface area contributed by atoms with Gasteiger partial charge in [-0.3, -0.25) is 14.5 Å². The number of rotatable bonds is 9. The minimum atomic E-state index is -1.02. The Balaban J connectivity index is 1.73. The summed E-state index contributed by atoms with van der Waals surface area (Å²) in [7, 11) is 2.72. The standard InChI is InChI=1S/C23H23NO9S/c1-5-31-21(26)13(2)24-20(25)19(34-23(24)28)11-14-6-8-16(18(10-14)29-3)32-12-15-7-9-17(33-15)22(27)30-4/h6-11,13H,5,12H2,1-4H3/b19-11-. The molecule has 1 aromatic carbocycles. The number of carbonyl (C=O) groups is 4. The van der Waals surface area contributed by atoms with Gasteiger partial charge in [0.15, 0.2) is 11.5 Å². The van der Waals surface area contributed by atoms with Crippen LogP contribution in [0, 0.1) is 0 Å². The van der Waals surface area contributed by atoms with Gasteiger partial charge in [-0.05, 0) is 61.5 Å². The molecule has 1 atom stereocenters. The molecule has 10 nitrogen and oxygen atoms in total. The van der Waals surface area contributed by atoms with Gasteiger partial charge >= 0.3 is 11.9 Å². The first kappa shape index (κ1) is 24.9. The van der Waals surface area contributed by atoms with Gasteiger partial charge in [0.05, 0.1) is 25.7 Å². The molecule has 0 bridgehead atoms. The summed E-state index contributed by atoms with van der Waals surface area (Å²) in [5.41, 5.74) is 0.587. The normalized spacial score (nSPS) is 15.4. The average molecular weight is 490 g/mol. The first-order valence-corrected chi connectivity index (χ1v) is 11.0. The highest BCUT2D eigenvalue weighted by molar-refractivity contribution is 8.18. The summed E-state index contributed by atoms with van der Waals surface area (Å²) in [6.45, 7) is 3.28. The maximum atomic E-state index is 12.7. The number of methoxy groups -OCH3 is 2. The number of thioether (sulfide) groups is 1. The fourth-order valence-corrected chi connectivity index (χ4v) is 3.95. The van der Waals surface area contributed by atoms with Gasteiger partial charge in [0.1, 0.15) is 18.4 Å². The molecule has 2 aromatic rings. The predicted octanol–water partition coefficient (Wildman–Crippen LogP) is 3.64. The third kappa shape index (κ3) is 5.42. The van der Waals surface area contributed by atoms with Gasteiger partial charge in [-0.2, -0.15) is 0 Å². The van der Waals surface area contributed by atoms with Crippen LogP contribution in [0.3, 0.4) is 0 Å². The molecule has 2 heterocycles. The number of ether oxygens (including phenoxy) is 4. The Kier molecular flexibility index (Phi) is 8.00. The second-order valence-corrected chi connectivity index (χ2v) is 7.93. The number of esters is 2. The molecule has 1 unspecified atom stereocenters. The van der Waals surface area contributed by atoms with E-state index in [4.69, 9.17) is 18.6 Å². The Hall–Kier alpha value is -3.73. The van der Waals surface area contributed by atoms with Crippen LogP contribution >= 0.6 is 11.8 Å². The summed E-state index contributed by atoms with van der Waals surface area (Å²) >= 11 is 0.741. The van der Waals surface area contributed by atoms with Crippen molar-refractivity contribution in [3.8, 4) is 11.5 Å². The molecule has 11 heteroatoms. The third-order valence-corrected chi connectivity index (χ3v) is 5.63. The molecule has 1 aromatic heterocycles. The van der Waals surface area contributed by atoms with Crippen molar-refractivity contribution < 1.29 is 42.5 Å². The van der Waals surface area contributed by atoms with E-state index in [1.54, 1.807) is 31.2 Å². The van der Waals surface area contributed by atoms with E-state index in [0.29, 0.717) is 22.8 Å². The number of hydrogen-bond donors (Lipinski definition) is 0. The lowest BCUT2D eigenvalue weighted by Crippen LogP contribution is -2.42. The summed E-state index contributed by atoms with van der Waals surface area (Å²) in [5, 5.41) is -0.548. The van der Waals surface area contributed by atoms with Crippen LogP contribution in [0.4, 0.5) is 4.79 Å². The van der Waals surface area contributed by atoms with Gasteiger partial charge < -0.3 is 23.4 Å². The van der Waals surface area contributed by atoms with Crippen molar-refractivity contribution in [1.29, 1.82) is 0 Å². The number of imide groups is 1. The van der Waals surface area contributed by atoms with Crippen molar-refractivity contribution in [3.05, 3.63) is 52.3 Å². The van der Waals surface area contributed by atoms with Crippen molar-refractivity contribution in [2.45, 2.75) is 26.5 Å². The maximum Gasteiger partial charge on any atom is 0.373 e. The fraction of sp³-hybridized carbons (Fsp3) is 0.304. The molecule has 0 aliphatic carbocycles.